The standard InChI is InChI=1S/C18H26N4O2/c1-21-13-16(20-14-21)11-19-12-18(22-7-9-24-10-8-22)15-3-5-17(23-2)6-4-15/h3-6,13-14,18-19H,7-12H2,1-2H3. The van der Waals surface area contributed by atoms with Gasteiger partial charge in [0, 0.05) is 45.5 Å². The molecule has 1 N–H and O–H groups in total. The van der Waals surface area contributed by atoms with Crippen molar-refractivity contribution in [2.75, 3.05) is 40.0 Å². The minimum absolute atomic E-state index is 0.323. The molecule has 24 heavy (non-hydrogen) atoms. The zero-order valence-corrected chi connectivity index (χ0v) is 14.4. The SMILES string of the molecule is COc1ccc(C(CNCc2cn(C)cn2)N2CCOCC2)cc1. The second-order valence-electron chi connectivity index (χ2n) is 6.10. The lowest BCUT2D eigenvalue weighted by Crippen LogP contribution is -2.42. The molecule has 3 rings (SSSR count). The van der Waals surface area contributed by atoms with Gasteiger partial charge in [-0.1, -0.05) is 12.1 Å². The van der Waals surface area contributed by atoms with E-state index < -0.39 is 0 Å². The van der Waals surface area contributed by atoms with E-state index in [4.69, 9.17) is 9.47 Å². The second-order valence-corrected chi connectivity index (χ2v) is 6.10. The van der Waals surface area contributed by atoms with Crippen LogP contribution in [0.3, 0.4) is 0 Å². The van der Waals surface area contributed by atoms with Gasteiger partial charge in [0.1, 0.15) is 5.75 Å². The van der Waals surface area contributed by atoms with Gasteiger partial charge in [0.2, 0.25) is 0 Å². The van der Waals surface area contributed by atoms with Crippen LogP contribution in [0.4, 0.5) is 0 Å². The molecule has 1 saturated heterocycles. The molecule has 0 amide bonds. The molecule has 1 atom stereocenters. The van der Waals surface area contributed by atoms with E-state index in [1.807, 2.05) is 36.3 Å². The number of aromatic nitrogens is 2. The highest BCUT2D eigenvalue weighted by atomic mass is 16.5. The summed E-state index contributed by atoms with van der Waals surface area (Å²) in [4.78, 5) is 6.85. The third-order valence-electron chi connectivity index (χ3n) is 4.39. The van der Waals surface area contributed by atoms with Crippen LogP contribution in [-0.4, -0.2) is 54.4 Å². The predicted octanol–water partition coefficient (Wildman–Crippen LogP) is 1.59. The number of rotatable bonds is 7. The Morgan fingerprint density at radius 3 is 2.62 bits per heavy atom. The Morgan fingerprint density at radius 2 is 2.00 bits per heavy atom. The summed E-state index contributed by atoms with van der Waals surface area (Å²) in [6, 6.07) is 8.69. The van der Waals surface area contributed by atoms with Crippen LogP contribution in [0.25, 0.3) is 0 Å². The summed E-state index contributed by atoms with van der Waals surface area (Å²) in [7, 11) is 3.69. The molecule has 2 heterocycles. The van der Waals surface area contributed by atoms with E-state index in [0.717, 1.165) is 50.8 Å². The number of methoxy groups -OCH3 is 1. The van der Waals surface area contributed by atoms with Crippen LogP contribution < -0.4 is 10.1 Å². The lowest BCUT2D eigenvalue weighted by Gasteiger charge is -2.35. The predicted molar refractivity (Wildman–Crippen MR) is 93.0 cm³/mol. The first kappa shape index (κ1) is 17.0. The van der Waals surface area contributed by atoms with Gasteiger partial charge in [0.15, 0.2) is 0 Å². The number of imidazole rings is 1. The van der Waals surface area contributed by atoms with E-state index in [9.17, 15) is 0 Å². The van der Waals surface area contributed by atoms with Crippen LogP contribution >= 0.6 is 0 Å². The molecule has 0 saturated carbocycles. The average molecular weight is 330 g/mol. The minimum atomic E-state index is 0.323. The van der Waals surface area contributed by atoms with E-state index in [1.54, 1.807) is 7.11 Å². The molecular formula is C18H26N4O2. The molecule has 0 bridgehead atoms. The highest BCUT2D eigenvalue weighted by Crippen LogP contribution is 2.23. The number of morpholine rings is 1. The van der Waals surface area contributed by atoms with Crippen molar-refractivity contribution in [2.45, 2.75) is 12.6 Å². The van der Waals surface area contributed by atoms with Crippen molar-refractivity contribution in [3.63, 3.8) is 0 Å². The van der Waals surface area contributed by atoms with Crippen molar-refractivity contribution in [2.24, 2.45) is 7.05 Å². The molecule has 1 aliphatic heterocycles. The van der Waals surface area contributed by atoms with Crippen molar-refractivity contribution in [3.05, 3.63) is 48.0 Å². The fourth-order valence-corrected chi connectivity index (χ4v) is 3.07. The van der Waals surface area contributed by atoms with Gasteiger partial charge in [-0.3, -0.25) is 4.90 Å². The second kappa shape index (κ2) is 8.28. The van der Waals surface area contributed by atoms with Crippen molar-refractivity contribution in [1.82, 2.24) is 19.8 Å². The summed E-state index contributed by atoms with van der Waals surface area (Å²) in [5.74, 6) is 0.890. The first-order valence-corrected chi connectivity index (χ1v) is 8.39. The molecule has 1 unspecified atom stereocenters. The van der Waals surface area contributed by atoms with E-state index in [-0.39, 0.29) is 0 Å². The summed E-state index contributed by atoms with van der Waals surface area (Å²) in [6.45, 7) is 5.17. The van der Waals surface area contributed by atoms with Crippen molar-refractivity contribution in [1.29, 1.82) is 0 Å². The van der Waals surface area contributed by atoms with Crippen LogP contribution in [0.2, 0.25) is 0 Å². The van der Waals surface area contributed by atoms with Crippen LogP contribution in [0, 0.1) is 0 Å². The van der Waals surface area contributed by atoms with Crippen molar-refractivity contribution in [3.8, 4) is 5.75 Å². The Bertz CT molecular complexity index is 620. The van der Waals surface area contributed by atoms with Gasteiger partial charge in [0.05, 0.1) is 32.3 Å². The highest BCUT2D eigenvalue weighted by Gasteiger charge is 2.22. The zero-order chi connectivity index (χ0) is 16.8. The number of aryl methyl sites for hydroxylation is 1. The van der Waals surface area contributed by atoms with Gasteiger partial charge in [0.25, 0.3) is 0 Å². The van der Waals surface area contributed by atoms with E-state index >= 15 is 0 Å². The molecule has 0 radical (unpaired) electrons. The molecule has 1 aliphatic rings. The molecule has 1 aromatic heterocycles. The number of nitrogens with one attached hydrogen (secondary N) is 1. The first-order valence-electron chi connectivity index (χ1n) is 8.39. The van der Waals surface area contributed by atoms with Crippen LogP contribution in [0.5, 0.6) is 5.75 Å². The van der Waals surface area contributed by atoms with Crippen molar-refractivity contribution < 1.29 is 9.47 Å². The Balaban J connectivity index is 1.66. The van der Waals surface area contributed by atoms with E-state index in [1.165, 1.54) is 5.56 Å². The number of hydrogen-bond acceptors (Lipinski definition) is 5. The quantitative estimate of drug-likeness (QED) is 0.835. The van der Waals surface area contributed by atoms with E-state index in [0.29, 0.717) is 6.04 Å². The fraction of sp³-hybridized carbons (Fsp3) is 0.500. The largest absolute Gasteiger partial charge is 0.497 e. The minimum Gasteiger partial charge on any atom is -0.497 e. The molecule has 6 heteroatoms. The topological polar surface area (TPSA) is 51.5 Å². The molecule has 0 aliphatic carbocycles. The Labute approximate surface area is 143 Å². The maximum Gasteiger partial charge on any atom is 0.118 e. The number of ether oxygens (including phenoxy) is 2. The highest BCUT2D eigenvalue weighted by molar-refractivity contribution is 5.29. The lowest BCUT2D eigenvalue weighted by molar-refractivity contribution is 0.0161. The van der Waals surface area contributed by atoms with Crippen LogP contribution in [-0.2, 0) is 18.3 Å². The number of benzene rings is 1. The molecular weight excluding hydrogens is 304 g/mol. The van der Waals surface area contributed by atoms with Gasteiger partial charge >= 0.3 is 0 Å². The van der Waals surface area contributed by atoms with Crippen LogP contribution in [0.15, 0.2) is 36.8 Å². The summed E-state index contributed by atoms with van der Waals surface area (Å²) >= 11 is 0. The zero-order valence-electron chi connectivity index (χ0n) is 14.4. The summed E-state index contributed by atoms with van der Waals surface area (Å²) in [6.07, 6.45) is 3.88. The molecule has 2 aromatic rings. The van der Waals surface area contributed by atoms with Gasteiger partial charge in [-0.2, -0.15) is 0 Å². The Hall–Kier alpha value is -1.89. The third kappa shape index (κ3) is 4.35. The van der Waals surface area contributed by atoms with Gasteiger partial charge in [-0.15, -0.1) is 0 Å². The number of nitrogens with zero attached hydrogens (tertiary/aromatic N) is 3. The molecule has 1 aromatic carbocycles. The Kier molecular flexibility index (Phi) is 5.85. The van der Waals surface area contributed by atoms with E-state index in [2.05, 4.69) is 27.3 Å². The maximum atomic E-state index is 5.50. The smallest absolute Gasteiger partial charge is 0.118 e. The molecule has 130 valence electrons. The van der Waals surface area contributed by atoms with Gasteiger partial charge < -0.3 is 19.4 Å². The lowest BCUT2D eigenvalue weighted by atomic mass is 10.0. The normalized spacial score (nSPS) is 16.9. The van der Waals surface area contributed by atoms with Crippen molar-refractivity contribution >= 4 is 0 Å². The summed E-state index contributed by atoms with van der Waals surface area (Å²) < 4.78 is 12.8. The maximum absolute atomic E-state index is 5.50. The molecule has 6 nitrogen and oxygen atoms in total. The van der Waals surface area contributed by atoms with Gasteiger partial charge in [-0.25, -0.2) is 4.98 Å². The third-order valence-corrected chi connectivity index (χ3v) is 4.39. The number of hydrogen-bond donors (Lipinski definition) is 1. The fourth-order valence-electron chi connectivity index (χ4n) is 3.07. The Morgan fingerprint density at radius 1 is 1.25 bits per heavy atom. The monoisotopic (exact) mass is 330 g/mol. The molecule has 1 fully saturated rings. The van der Waals surface area contributed by atoms with Gasteiger partial charge in [-0.05, 0) is 17.7 Å². The average Bonchev–Trinajstić information content (AvgIpc) is 3.05. The molecule has 0 spiro atoms. The van der Waals surface area contributed by atoms with Crippen LogP contribution in [0.1, 0.15) is 17.3 Å². The summed E-state index contributed by atoms with van der Waals surface area (Å²) in [5, 5.41) is 3.55. The summed E-state index contributed by atoms with van der Waals surface area (Å²) in [5.41, 5.74) is 2.36. The first-order chi connectivity index (χ1) is 11.8.